The first kappa shape index (κ1) is 19.0. The normalized spacial score (nSPS) is 14.1. The van der Waals surface area contributed by atoms with E-state index in [0.29, 0.717) is 36.8 Å². The second-order valence-corrected chi connectivity index (χ2v) is 6.66. The van der Waals surface area contributed by atoms with Gasteiger partial charge in [-0.05, 0) is 25.1 Å². The van der Waals surface area contributed by atoms with Crippen LogP contribution in [0.1, 0.15) is 27.8 Å². The molecule has 3 rings (SSSR count). The van der Waals surface area contributed by atoms with E-state index < -0.39 is 5.97 Å². The molecule has 142 valence electrons. The van der Waals surface area contributed by atoms with Gasteiger partial charge in [-0.1, -0.05) is 23.7 Å². The van der Waals surface area contributed by atoms with Gasteiger partial charge in [0.2, 0.25) is 0 Å². The quantitative estimate of drug-likeness (QED) is 0.627. The molecule has 1 saturated heterocycles. The predicted octanol–water partition coefficient (Wildman–Crippen LogP) is 2.38. The fourth-order valence-electron chi connectivity index (χ4n) is 2.92. The van der Waals surface area contributed by atoms with Crippen LogP contribution in [0.2, 0.25) is 5.02 Å². The first-order valence-electron chi connectivity index (χ1n) is 8.59. The van der Waals surface area contributed by atoms with Crippen LogP contribution in [-0.4, -0.2) is 60.3 Å². The molecule has 0 aliphatic carbocycles. The van der Waals surface area contributed by atoms with Gasteiger partial charge in [-0.15, -0.1) is 0 Å². The van der Waals surface area contributed by atoms with Gasteiger partial charge in [0.05, 0.1) is 10.7 Å². The van der Waals surface area contributed by atoms with Crippen molar-refractivity contribution < 1.29 is 19.1 Å². The summed E-state index contributed by atoms with van der Waals surface area (Å²) in [5.41, 5.74) is 1.49. The van der Waals surface area contributed by atoms with Crippen LogP contribution >= 0.6 is 11.6 Å². The van der Waals surface area contributed by atoms with Gasteiger partial charge in [0.25, 0.3) is 5.91 Å². The number of Topliss-reactive ketones (excluding diaryl/α,β-unsaturated/α-hetero) is 1. The highest BCUT2D eigenvalue weighted by Crippen LogP contribution is 2.26. The molecular formula is C19H20ClN3O4. The molecule has 1 fully saturated rings. The highest BCUT2D eigenvalue weighted by Gasteiger charge is 2.23. The van der Waals surface area contributed by atoms with Crippen molar-refractivity contribution in [1.29, 1.82) is 0 Å². The number of benzene rings is 1. The number of para-hydroxylation sites is 1. The van der Waals surface area contributed by atoms with E-state index in [4.69, 9.17) is 16.3 Å². The lowest BCUT2D eigenvalue weighted by molar-refractivity contribution is -0.134. The van der Waals surface area contributed by atoms with E-state index in [9.17, 15) is 14.4 Å². The van der Waals surface area contributed by atoms with E-state index in [0.717, 1.165) is 5.69 Å². The Morgan fingerprint density at radius 3 is 2.48 bits per heavy atom. The lowest BCUT2D eigenvalue weighted by atomic mass is 10.2. The van der Waals surface area contributed by atoms with E-state index in [-0.39, 0.29) is 24.0 Å². The summed E-state index contributed by atoms with van der Waals surface area (Å²) in [5, 5.41) is 0.682. The molecule has 1 amide bonds. The van der Waals surface area contributed by atoms with Crippen LogP contribution < -0.4 is 4.90 Å². The molecule has 0 radical (unpaired) electrons. The molecule has 27 heavy (non-hydrogen) atoms. The van der Waals surface area contributed by atoms with E-state index >= 15 is 0 Å². The Labute approximate surface area is 161 Å². The minimum Gasteiger partial charge on any atom is -0.451 e. The van der Waals surface area contributed by atoms with E-state index in [1.807, 2.05) is 24.3 Å². The van der Waals surface area contributed by atoms with Crippen molar-refractivity contribution >= 4 is 34.9 Å². The Morgan fingerprint density at radius 2 is 1.85 bits per heavy atom. The Bertz CT molecular complexity index is 856. The zero-order chi connectivity index (χ0) is 19.4. The van der Waals surface area contributed by atoms with Crippen LogP contribution in [0.5, 0.6) is 0 Å². The number of aromatic nitrogens is 1. The maximum Gasteiger partial charge on any atom is 0.355 e. The predicted molar refractivity (Wildman–Crippen MR) is 101 cm³/mol. The smallest absolute Gasteiger partial charge is 0.355 e. The minimum atomic E-state index is -0.662. The number of ketones is 1. The van der Waals surface area contributed by atoms with Crippen LogP contribution in [0.25, 0.3) is 0 Å². The molecule has 8 heteroatoms. The van der Waals surface area contributed by atoms with E-state index in [1.165, 1.54) is 19.2 Å². The molecule has 1 aliphatic heterocycles. The number of piperazine rings is 1. The van der Waals surface area contributed by atoms with Crippen LogP contribution in [0.3, 0.4) is 0 Å². The van der Waals surface area contributed by atoms with Crippen molar-refractivity contribution in [3.8, 4) is 0 Å². The van der Waals surface area contributed by atoms with Crippen LogP contribution in [0.15, 0.2) is 36.5 Å². The minimum absolute atomic E-state index is 0.150. The Hall–Kier alpha value is -2.80. The van der Waals surface area contributed by atoms with Gasteiger partial charge in [-0.2, -0.15) is 0 Å². The molecule has 7 nitrogen and oxygen atoms in total. The molecule has 1 N–H and O–H groups in total. The first-order valence-corrected chi connectivity index (χ1v) is 8.97. The summed E-state index contributed by atoms with van der Waals surface area (Å²) in [6.07, 6.45) is 1.44. The van der Waals surface area contributed by atoms with Crippen LogP contribution in [0.4, 0.5) is 5.69 Å². The molecule has 0 spiro atoms. The summed E-state index contributed by atoms with van der Waals surface area (Å²) in [4.78, 5) is 42.0. The number of esters is 1. The lowest BCUT2D eigenvalue weighted by Crippen LogP contribution is -2.50. The maximum absolute atomic E-state index is 12.3. The lowest BCUT2D eigenvalue weighted by Gasteiger charge is -2.36. The number of hydrogen-bond donors (Lipinski definition) is 1. The van der Waals surface area contributed by atoms with Gasteiger partial charge in [-0.25, -0.2) is 4.79 Å². The van der Waals surface area contributed by atoms with Crippen molar-refractivity contribution in [2.24, 2.45) is 0 Å². The summed E-state index contributed by atoms with van der Waals surface area (Å²) >= 11 is 6.22. The molecule has 2 aromatic rings. The van der Waals surface area contributed by atoms with E-state index in [2.05, 4.69) is 9.88 Å². The van der Waals surface area contributed by atoms with Crippen molar-refractivity contribution in [3.05, 3.63) is 52.8 Å². The maximum atomic E-state index is 12.3. The monoisotopic (exact) mass is 389 g/mol. The van der Waals surface area contributed by atoms with Crippen LogP contribution in [0, 0.1) is 0 Å². The number of halogens is 1. The molecule has 1 aromatic heterocycles. The Balaban J connectivity index is 1.49. The molecule has 1 aromatic carbocycles. The summed E-state index contributed by atoms with van der Waals surface area (Å²) < 4.78 is 5.06. The number of carbonyl (C=O) groups excluding carboxylic acids is 3. The number of H-pyrrole nitrogens is 1. The number of nitrogens with one attached hydrogen (secondary N) is 1. The van der Waals surface area contributed by atoms with Crippen molar-refractivity contribution in [2.45, 2.75) is 6.92 Å². The number of hydrogen-bond acceptors (Lipinski definition) is 5. The van der Waals surface area contributed by atoms with Gasteiger partial charge in [0, 0.05) is 37.9 Å². The standard InChI is InChI=1S/C19H20ClN3O4/c1-13(24)14-10-16(21-11-14)19(26)27-12-18(25)23-8-6-22(7-9-23)17-5-3-2-4-15(17)20/h2-5,10-11,21H,6-9,12H2,1H3. The molecule has 0 unspecified atom stereocenters. The SMILES string of the molecule is CC(=O)c1c[nH]c(C(=O)OCC(=O)N2CCN(c3ccccc3Cl)CC2)c1. The third-order valence-corrected chi connectivity index (χ3v) is 4.78. The average Bonchev–Trinajstić information content (AvgIpc) is 3.17. The van der Waals surface area contributed by atoms with Gasteiger partial charge in [0.15, 0.2) is 12.4 Å². The number of nitrogens with zero attached hydrogens (tertiary/aromatic N) is 2. The van der Waals surface area contributed by atoms with Crippen molar-refractivity contribution in [3.63, 3.8) is 0 Å². The fraction of sp³-hybridized carbons (Fsp3) is 0.316. The fourth-order valence-corrected chi connectivity index (χ4v) is 3.17. The number of amides is 1. The van der Waals surface area contributed by atoms with Crippen molar-refractivity contribution in [1.82, 2.24) is 9.88 Å². The van der Waals surface area contributed by atoms with Gasteiger partial charge >= 0.3 is 5.97 Å². The highest BCUT2D eigenvalue weighted by molar-refractivity contribution is 6.33. The first-order chi connectivity index (χ1) is 13.0. The summed E-state index contributed by atoms with van der Waals surface area (Å²) in [7, 11) is 0. The third-order valence-electron chi connectivity index (χ3n) is 4.46. The summed E-state index contributed by atoms with van der Waals surface area (Å²) in [6, 6.07) is 9.01. The topological polar surface area (TPSA) is 82.7 Å². The second kappa shape index (κ2) is 8.26. The van der Waals surface area contributed by atoms with Crippen molar-refractivity contribution in [2.75, 3.05) is 37.7 Å². The molecule has 0 saturated carbocycles. The number of ether oxygens (including phenoxy) is 1. The molecule has 1 aliphatic rings. The molecule has 0 bridgehead atoms. The zero-order valence-corrected chi connectivity index (χ0v) is 15.7. The number of carbonyl (C=O) groups is 3. The zero-order valence-electron chi connectivity index (χ0n) is 14.9. The Kier molecular flexibility index (Phi) is 5.81. The largest absolute Gasteiger partial charge is 0.451 e. The van der Waals surface area contributed by atoms with Crippen LogP contribution in [-0.2, 0) is 9.53 Å². The number of anilines is 1. The second-order valence-electron chi connectivity index (χ2n) is 6.25. The molecule has 2 heterocycles. The Morgan fingerprint density at radius 1 is 1.15 bits per heavy atom. The molecule has 0 atom stereocenters. The number of rotatable bonds is 5. The van der Waals surface area contributed by atoms with Gasteiger partial charge in [-0.3, -0.25) is 9.59 Å². The summed E-state index contributed by atoms with van der Waals surface area (Å²) in [5.74, 6) is -1.07. The van der Waals surface area contributed by atoms with Gasteiger partial charge < -0.3 is 19.5 Å². The number of aromatic amines is 1. The summed E-state index contributed by atoms with van der Waals surface area (Å²) in [6.45, 7) is 3.44. The molecular weight excluding hydrogens is 370 g/mol. The average molecular weight is 390 g/mol. The highest BCUT2D eigenvalue weighted by atomic mass is 35.5. The third kappa shape index (κ3) is 4.49. The van der Waals surface area contributed by atoms with E-state index in [1.54, 1.807) is 4.90 Å². The van der Waals surface area contributed by atoms with Gasteiger partial charge in [0.1, 0.15) is 5.69 Å².